The summed E-state index contributed by atoms with van der Waals surface area (Å²) in [7, 11) is 0. The molecule has 0 bridgehead atoms. The van der Waals surface area contributed by atoms with Crippen molar-refractivity contribution in [3.63, 3.8) is 0 Å². The van der Waals surface area contributed by atoms with Crippen molar-refractivity contribution in [2.24, 2.45) is 0 Å². The van der Waals surface area contributed by atoms with Crippen LogP contribution in [0.2, 0.25) is 0 Å². The van der Waals surface area contributed by atoms with Crippen LogP contribution in [0.25, 0.3) is 0 Å². The fraction of sp³-hybridized carbons (Fsp3) is 0.385. The number of rotatable bonds is 2. The Kier molecular flexibility index (Phi) is 3.13. The Morgan fingerprint density at radius 1 is 1.18 bits per heavy atom. The van der Waals surface area contributed by atoms with Gasteiger partial charge in [-0.25, -0.2) is 4.79 Å². The second-order valence-corrected chi connectivity index (χ2v) is 4.50. The van der Waals surface area contributed by atoms with Crippen molar-refractivity contribution < 1.29 is 9.59 Å². The van der Waals surface area contributed by atoms with Gasteiger partial charge >= 0.3 is 6.03 Å². The van der Waals surface area contributed by atoms with Crippen LogP contribution in [0.4, 0.5) is 10.5 Å². The molecule has 1 heterocycles. The number of hydrogen-bond donors (Lipinski definition) is 1. The van der Waals surface area contributed by atoms with Crippen LogP contribution in [0, 0.1) is 0 Å². The number of nitrogens with zero attached hydrogens (tertiary/aromatic N) is 1. The van der Waals surface area contributed by atoms with E-state index in [4.69, 9.17) is 0 Å². The second-order valence-electron chi connectivity index (χ2n) is 4.50. The molecule has 4 heteroatoms. The molecule has 1 aromatic carbocycles. The van der Waals surface area contributed by atoms with Gasteiger partial charge in [-0.05, 0) is 23.6 Å². The summed E-state index contributed by atoms with van der Waals surface area (Å²) in [6.45, 7) is 4.70. The zero-order valence-electron chi connectivity index (χ0n) is 10.1. The third-order valence-corrected chi connectivity index (χ3v) is 2.93. The standard InChI is InChI=1S/C13H16N2O2/c1-9(2)10-3-5-11(6-4-10)15-8-7-12(16)14-13(15)17/h3-6,9H,7-8H2,1-2H3,(H,14,16,17). The van der Waals surface area contributed by atoms with E-state index in [1.807, 2.05) is 24.3 Å². The number of amides is 3. The summed E-state index contributed by atoms with van der Waals surface area (Å²) in [6.07, 6.45) is 0.359. The molecular formula is C13H16N2O2. The fourth-order valence-corrected chi connectivity index (χ4v) is 1.85. The minimum atomic E-state index is -0.335. The van der Waals surface area contributed by atoms with E-state index < -0.39 is 0 Å². The van der Waals surface area contributed by atoms with E-state index >= 15 is 0 Å². The van der Waals surface area contributed by atoms with Crippen LogP contribution in [0.3, 0.4) is 0 Å². The van der Waals surface area contributed by atoms with Gasteiger partial charge in [0.2, 0.25) is 5.91 Å². The number of hydrogen-bond acceptors (Lipinski definition) is 2. The molecule has 0 spiro atoms. The van der Waals surface area contributed by atoms with E-state index in [1.165, 1.54) is 5.56 Å². The van der Waals surface area contributed by atoms with Crippen molar-refractivity contribution in [2.75, 3.05) is 11.4 Å². The second kappa shape index (κ2) is 4.57. The highest BCUT2D eigenvalue weighted by Gasteiger charge is 2.23. The molecule has 4 nitrogen and oxygen atoms in total. The lowest BCUT2D eigenvalue weighted by Crippen LogP contribution is -2.49. The molecule has 1 N–H and O–H groups in total. The zero-order valence-corrected chi connectivity index (χ0v) is 10.1. The van der Waals surface area contributed by atoms with Crippen molar-refractivity contribution >= 4 is 17.6 Å². The molecule has 0 radical (unpaired) electrons. The number of anilines is 1. The summed E-state index contributed by atoms with van der Waals surface area (Å²) in [5.41, 5.74) is 2.07. The van der Waals surface area contributed by atoms with Crippen molar-refractivity contribution in [3.05, 3.63) is 29.8 Å². The highest BCUT2D eigenvalue weighted by Crippen LogP contribution is 2.21. The van der Waals surface area contributed by atoms with E-state index in [2.05, 4.69) is 19.2 Å². The molecule has 0 unspecified atom stereocenters. The van der Waals surface area contributed by atoms with Crippen LogP contribution in [0.15, 0.2) is 24.3 Å². The lowest BCUT2D eigenvalue weighted by Gasteiger charge is -2.26. The minimum absolute atomic E-state index is 0.204. The number of carbonyl (C=O) groups is 2. The SMILES string of the molecule is CC(C)c1ccc(N2CCC(=O)NC2=O)cc1. The van der Waals surface area contributed by atoms with E-state index in [-0.39, 0.29) is 11.9 Å². The molecule has 17 heavy (non-hydrogen) atoms. The van der Waals surface area contributed by atoms with Gasteiger partial charge < -0.3 is 0 Å². The summed E-state index contributed by atoms with van der Waals surface area (Å²) < 4.78 is 0. The van der Waals surface area contributed by atoms with Gasteiger partial charge in [0.25, 0.3) is 0 Å². The lowest BCUT2D eigenvalue weighted by atomic mass is 10.0. The number of urea groups is 1. The maximum atomic E-state index is 11.6. The molecule has 0 atom stereocenters. The molecule has 1 fully saturated rings. The molecule has 0 aromatic heterocycles. The molecule has 1 saturated heterocycles. The molecule has 0 saturated carbocycles. The van der Waals surface area contributed by atoms with Crippen molar-refractivity contribution in [1.29, 1.82) is 0 Å². The maximum absolute atomic E-state index is 11.6. The highest BCUT2D eigenvalue weighted by atomic mass is 16.2. The molecule has 2 rings (SSSR count). The Balaban J connectivity index is 2.17. The van der Waals surface area contributed by atoms with Crippen LogP contribution in [0.1, 0.15) is 31.7 Å². The van der Waals surface area contributed by atoms with Crippen LogP contribution in [-0.4, -0.2) is 18.5 Å². The van der Waals surface area contributed by atoms with Crippen molar-refractivity contribution in [3.8, 4) is 0 Å². The summed E-state index contributed by atoms with van der Waals surface area (Å²) in [5, 5.41) is 2.31. The summed E-state index contributed by atoms with van der Waals surface area (Å²) in [4.78, 5) is 24.2. The summed E-state index contributed by atoms with van der Waals surface area (Å²) >= 11 is 0. The topological polar surface area (TPSA) is 49.4 Å². The van der Waals surface area contributed by atoms with Crippen LogP contribution in [-0.2, 0) is 4.79 Å². The Labute approximate surface area is 101 Å². The van der Waals surface area contributed by atoms with Gasteiger partial charge in [0.1, 0.15) is 0 Å². The monoisotopic (exact) mass is 232 g/mol. The van der Waals surface area contributed by atoms with Crippen LogP contribution in [0.5, 0.6) is 0 Å². The average molecular weight is 232 g/mol. The number of nitrogens with one attached hydrogen (secondary N) is 1. The first-order valence-electron chi connectivity index (χ1n) is 5.79. The van der Waals surface area contributed by atoms with E-state index in [1.54, 1.807) is 4.90 Å². The Bertz CT molecular complexity index is 437. The third-order valence-electron chi connectivity index (χ3n) is 2.93. The van der Waals surface area contributed by atoms with E-state index in [0.29, 0.717) is 18.9 Å². The van der Waals surface area contributed by atoms with Gasteiger partial charge in [0, 0.05) is 18.7 Å². The summed E-state index contributed by atoms with van der Waals surface area (Å²) in [6, 6.07) is 7.54. The van der Waals surface area contributed by atoms with Crippen LogP contribution >= 0.6 is 0 Å². The van der Waals surface area contributed by atoms with Gasteiger partial charge in [-0.2, -0.15) is 0 Å². The van der Waals surface area contributed by atoms with Crippen molar-refractivity contribution in [2.45, 2.75) is 26.2 Å². The van der Waals surface area contributed by atoms with Gasteiger partial charge in [-0.3, -0.25) is 15.0 Å². The highest BCUT2D eigenvalue weighted by molar-refractivity contribution is 6.05. The first-order valence-corrected chi connectivity index (χ1v) is 5.79. The molecule has 1 aromatic rings. The minimum Gasteiger partial charge on any atom is -0.294 e. The van der Waals surface area contributed by atoms with Gasteiger partial charge in [-0.1, -0.05) is 26.0 Å². The van der Waals surface area contributed by atoms with Crippen molar-refractivity contribution in [1.82, 2.24) is 5.32 Å². The number of carbonyl (C=O) groups excluding carboxylic acids is 2. The lowest BCUT2D eigenvalue weighted by molar-refractivity contribution is -0.120. The normalized spacial score (nSPS) is 16.3. The average Bonchev–Trinajstić information content (AvgIpc) is 2.29. The largest absolute Gasteiger partial charge is 0.328 e. The smallest absolute Gasteiger partial charge is 0.294 e. The molecule has 1 aliphatic heterocycles. The third kappa shape index (κ3) is 2.46. The predicted molar refractivity (Wildman–Crippen MR) is 66.0 cm³/mol. The predicted octanol–water partition coefficient (Wildman–Crippen LogP) is 2.26. The molecule has 3 amide bonds. The zero-order chi connectivity index (χ0) is 12.4. The summed E-state index contributed by atoms with van der Waals surface area (Å²) in [5.74, 6) is 0.269. The first-order chi connectivity index (χ1) is 8.08. The Hall–Kier alpha value is -1.84. The van der Waals surface area contributed by atoms with E-state index in [0.717, 1.165) is 5.69 Å². The molecular weight excluding hydrogens is 216 g/mol. The van der Waals surface area contributed by atoms with Gasteiger partial charge in [-0.15, -0.1) is 0 Å². The first kappa shape index (κ1) is 11.6. The fourth-order valence-electron chi connectivity index (χ4n) is 1.85. The molecule has 90 valence electrons. The number of benzene rings is 1. The molecule has 1 aliphatic rings. The Morgan fingerprint density at radius 2 is 1.82 bits per heavy atom. The van der Waals surface area contributed by atoms with Gasteiger partial charge in [0.15, 0.2) is 0 Å². The van der Waals surface area contributed by atoms with Gasteiger partial charge in [0.05, 0.1) is 0 Å². The molecule has 0 aliphatic carbocycles. The quantitative estimate of drug-likeness (QED) is 0.850. The maximum Gasteiger partial charge on any atom is 0.328 e. The van der Waals surface area contributed by atoms with E-state index in [9.17, 15) is 9.59 Å². The Morgan fingerprint density at radius 3 is 2.35 bits per heavy atom. The number of imide groups is 1. The van der Waals surface area contributed by atoms with Crippen LogP contribution < -0.4 is 10.2 Å².